The van der Waals surface area contributed by atoms with Gasteiger partial charge in [0.05, 0.1) is 5.56 Å². The number of benzene rings is 2. The molecule has 0 unspecified atom stereocenters. The standard InChI is InChI=1S/C16H13BF3/c18-16(19,20)14-8-4-6-13(12-14)7-5-11-17-15-9-2-1-3-10-15/h1-10,12H,11H2. The minimum Gasteiger partial charge on any atom is -0.166 e. The average Bonchev–Trinajstić information content (AvgIpc) is 2.44. The van der Waals surface area contributed by atoms with Crippen LogP contribution in [0.3, 0.4) is 0 Å². The van der Waals surface area contributed by atoms with Crippen LogP contribution in [0.15, 0.2) is 60.7 Å². The second kappa shape index (κ2) is 6.46. The van der Waals surface area contributed by atoms with Gasteiger partial charge in [0.2, 0.25) is 0 Å². The van der Waals surface area contributed by atoms with Crippen molar-refractivity contribution in [3.05, 3.63) is 71.8 Å². The van der Waals surface area contributed by atoms with E-state index < -0.39 is 11.7 Å². The largest absolute Gasteiger partial charge is 0.416 e. The molecule has 0 aromatic heterocycles. The van der Waals surface area contributed by atoms with Gasteiger partial charge in [-0.3, -0.25) is 0 Å². The Morgan fingerprint density at radius 2 is 1.70 bits per heavy atom. The molecule has 20 heavy (non-hydrogen) atoms. The second-order valence-electron chi connectivity index (χ2n) is 4.38. The first-order valence-electron chi connectivity index (χ1n) is 6.28. The third-order valence-electron chi connectivity index (χ3n) is 2.81. The number of hydrogen-bond acceptors (Lipinski definition) is 0. The Morgan fingerprint density at radius 3 is 2.40 bits per heavy atom. The molecular formula is C16H13BF3. The Bertz CT molecular complexity index is 574. The zero-order valence-electron chi connectivity index (χ0n) is 10.8. The number of hydrogen-bond donors (Lipinski definition) is 0. The Hall–Kier alpha value is -1.97. The van der Waals surface area contributed by atoms with Crippen molar-refractivity contribution >= 4 is 18.8 Å². The third kappa shape index (κ3) is 4.30. The van der Waals surface area contributed by atoms with Crippen LogP contribution in [-0.2, 0) is 6.18 Å². The van der Waals surface area contributed by atoms with Gasteiger partial charge in [-0.15, -0.1) is 0 Å². The fourth-order valence-electron chi connectivity index (χ4n) is 1.82. The van der Waals surface area contributed by atoms with E-state index in [2.05, 4.69) is 0 Å². The van der Waals surface area contributed by atoms with Crippen molar-refractivity contribution in [1.82, 2.24) is 0 Å². The molecule has 0 N–H and O–H groups in total. The molecule has 0 spiro atoms. The van der Waals surface area contributed by atoms with Gasteiger partial charge in [-0.2, -0.15) is 13.2 Å². The van der Waals surface area contributed by atoms with Gasteiger partial charge in [-0.1, -0.05) is 66.4 Å². The molecule has 0 aliphatic rings. The molecule has 0 saturated carbocycles. The molecule has 0 saturated heterocycles. The van der Waals surface area contributed by atoms with E-state index >= 15 is 0 Å². The zero-order valence-corrected chi connectivity index (χ0v) is 10.8. The highest BCUT2D eigenvalue weighted by molar-refractivity contribution is 6.53. The summed E-state index contributed by atoms with van der Waals surface area (Å²) in [6.45, 7) is 0. The van der Waals surface area contributed by atoms with E-state index in [1.807, 2.05) is 43.7 Å². The minimum atomic E-state index is -4.29. The molecule has 4 heteroatoms. The van der Waals surface area contributed by atoms with E-state index in [4.69, 9.17) is 0 Å². The van der Waals surface area contributed by atoms with Crippen molar-refractivity contribution in [3.8, 4) is 0 Å². The normalized spacial score (nSPS) is 11.8. The topological polar surface area (TPSA) is 0 Å². The van der Waals surface area contributed by atoms with E-state index in [1.165, 1.54) is 6.07 Å². The van der Waals surface area contributed by atoms with Crippen LogP contribution in [-0.4, -0.2) is 7.28 Å². The predicted molar refractivity (Wildman–Crippen MR) is 77.1 cm³/mol. The maximum absolute atomic E-state index is 12.5. The number of alkyl halides is 3. The van der Waals surface area contributed by atoms with Crippen LogP contribution in [0.2, 0.25) is 6.32 Å². The van der Waals surface area contributed by atoms with Crippen molar-refractivity contribution in [1.29, 1.82) is 0 Å². The van der Waals surface area contributed by atoms with Crippen LogP contribution < -0.4 is 5.46 Å². The van der Waals surface area contributed by atoms with Crippen molar-refractivity contribution in [3.63, 3.8) is 0 Å². The van der Waals surface area contributed by atoms with Crippen LogP contribution in [0, 0.1) is 0 Å². The summed E-state index contributed by atoms with van der Waals surface area (Å²) in [6.07, 6.45) is -0.0581. The van der Waals surface area contributed by atoms with E-state index in [1.54, 1.807) is 12.1 Å². The van der Waals surface area contributed by atoms with Crippen LogP contribution in [0.1, 0.15) is 11.1 Å². The Balaban J connectivity index is 1.95. The minimum absolute atomic E-state index is 0.557. The van der Waals surface area contributed by atoms with Gasteiger partial charge in [0.15, 0.2) is 7.28 Å². The quantitative estimate of drug-likeness (QED) is 0.733. The summed E-state index contributed by atoms with van der Waals surface area (Å²) in [5, 5.41) is 0. The molecule has 0 heterocycles. The summed E-state index contributed by atoms with van der Waals surface area (Å²) in [6, 6.07) is 15.1. The van der Waals surface area contributed by atoms with Crippen LogP contribution in [0.4, 0.5) is 13.2 Å². The summed E-state index contributed by atoms with van der Waals surface area (Å²) < 4.78 is 37.6. The first kappa shape index (κ1) is 14.4. The summed E-state index contributed by atoms with van der Waals surface area (Å²) in [5.74, 6) is 0. The van der Waals surface area contributed by atoms with Crippen LogP contribution >= 0.6 is 0 Å². The smallest absolute Gasteiger partial charge is 0.166 e. The molecule has 0 aliphatic heterocycles. The lowest BCUT2D eigenvalue weighted by molar-refractivity contribution is -0.137. The zero-order chi connectivity index (χ0) is 14.4. The van der Waals surface area contributed by atoms with Crippen molar-refractivity contribution < 1.29 is 13.2 Å². The van der Waals surface area contributed by atoms with E-state index in [0.29, 0.717) is 11.9 Å². The molecule has 2 aromatic carbocycles. The molecule has 0 fully saturated rings. The average molecular weight is 273 g/mol. The molecular weight excluding hydrogens is 260 g/mol. The van der Waals surface area contributed by atoms with Gasteiger partial charge >= 0.3 is 6.18 Å². The van der Waals surface area contributed by atoms with E-state index in [-0.39, 0.29) is 0 Å². The van der Waals surface area contributed by atoms with Gasteiger partial charge in [0.25, 0.3) is 0 Å². The molecule has 2 rings (SSSR count). The fraction of sp³-hybridized carbons (Fsp3) is 0.125. The molecule has 0 amide bonds. The highest BCUT2D eigenvalue weighted by Crippen LogP contribution is 2.29. The first-order chi connectivity index (χ1) is 9.55. The van der Waals surface area contributed by atoms with Crippen LogP contribution in [0.5, 0.6) is 0 Å². The van der Waals surface area contributed by atoms with Gasteiger partial charge < -0.3 is 0 Å². The molecule has 2 aromatic rings. The predicted octanol–water partition coefficient (Wildman–Crippen LogP) is 4.17. The molecule has 1 radical (unpaired) electrons. The number of halogens is 3. The first-order valence-corrected chi connectivity index (χ1v) is 6.28. The van der Waals surface area contributed by atoms with Crippen molar-refractivity contribution in [2.75, 3.05) is 0 Å². The van der Waals surface area contributed by atoms with Gasteiger partial charge in [0, 0.05) is 0 Å². The summed E-state index contributed by atoms with van der Waals surface area (Å²) in [5.41, 5.74) is 1.04. The van der Waals surface area contributed by atoms with Gasteiger partial charge in [-0.25, -0.2) is 0 Å². The van der Waals surface area contributed by atoms with Crippen molar-refractivity contribution in [2.45, 2.75) is 12.5 Å². The molecule has 101 valence electrons. The lowest BCUT2D eigenvalue weighted by Gasteiger charge is -2.06. The Kier molecular flexibility index (Phi) is 4.67. The molecule has 0 atom stereocenters. The Labute approximate surface area is 117 Å². The maximum atomic E-state index is 12.5. The number of allylic oxidation sites excluding steroid dienone is 1. The lowest BCUT2D eigenvalue weighted by Crippen LogP contribution is -2.11. The number of rotatable bonds is 4. The molecule has 0 bridgehead atoms. The monoisotopic (exact) mass is 273 g/mol. The maximum Gasteiger partial charge on any atom is 0.416 e. The Morgan fingerprint density at radius 1 is 0.950 bits per heavy atom. The fourth-order valence-corrected chi connectivity index (χ4v) is 1.82. The summed E-state index contributed by atoms with van der Waals surface area (Å²) >= 11 is 0. The highest BCUT2D eigenvalue weighted by Gasteiger charge is 2.30. The van der Waals surface area contributed by atoms with E-state index in [0.717, 1.165) is 17.6 Å². The van der Waals surface area contributed by atoms with Crippen molar-refractivity contribution in [2.24, 2.45) is 0 Å². The summed E-state index contributed by atoms with van der Waals surface area (Å²) in [7, 11) is 2.02. The second-order valence-corrected chi connectivity index (χ2v) is 4.38. The van der Waals surface area contributed by atoms with Crippen LogP contribution in [0.25, 0.3) is 6.08 Å². The SMILES string of the molecule is FC(F)(F)c1cccc(C=CC[B]c2ccccc2)c1. The van der Waals surface area contributed by atoms with Gasteiger partial charge in [0.1, 0.15) is 0 Å². The highest BCUT2D eigenvalue weighted by atomic mass is 19.4. The summed E-state index contributed by atoms with van der Waals surface area (Å²) in [4.78, 5) is 0. The van der Waals surface area contributed by atoms with Gasteiger partial charge in [-0.05, 0) is 17.7 Å². The molecule has 0 nitrogen and oxygen atoms in total. The molecule has 0 aliphatic carbocycles. The lowest BCUT2D eigenvalue weighted by atomic mass is 9.67. The third-order valence-corrected chi connectivity index (χ3v) is 2.81. The van der Waals surface area contributed by atoms with E-state index in [9.17, 15) is 13.2 Å².